The first-order valence-corrected chi connectivity index (χ1v) is 22.9. The van der Waals surface area contributed by atoms with Crippen molar-refractivity contribution < 1.29 is 0 Å². The van der Waals surface area contributed by atoms with E-state index in [-0.39, 0.29) is 21.7 Å². The van der Waals surface area contributed by atoms with Gasteiger partial charge >= 0.3 is 0 Å². The molecule has 0 aromatic heterocycles. The highest BCUT2D eigenvalue weighted by atomic mass is 15.2. The van der Waals surface area contributed by atoms with Crippen LogP contribution in [0, 0.1) is 0 Å². The summed E-state index contributed by atoms with van der Waals surface area (Å²) in [6.07, 6.45) is 0. The molecule has 0 aliphatic heterocycles. The highest BCUT2D eigenvalue weighted by molar-refractivity contribution is 6.14. The Morgan fingerprint density at radius 3 is 1.27 bits per heavy atom. The normalized spacial score (nSPS) is 16.0. The molecular weight excluding hydrogens is 773 g/mol. The number of anilines is 6. The topological polar surface area (TPSA) is 6.48 Å². The Labute approximate surface area is 379 Å². The molecule has 0 bridgehead atoms. The zero-order chi connectivity index (χ0) is 44.2. The van der Waals surface area contributed by atoms with Gasteiger partial charge in [-0.3, -0.25) is 0 Å². The first-order chi connectivity index (χ1) is 30.8. The second-order valence-electron chi connectivity index (χ2n) is 20.2. The number of hydrogen-bond donors (Lipinski definition) is 0. The van der Waals surface area contributed by atoms with Crippen LogP contribution < -0.4 is 9.80 Å². The zero-order valence-electron chi connectivity index (χ0n) is 38.4. The van der Waals surface area contributed by atoms with Gasteiger partial charge in [0.25, 0.3) is 0 Å². The van der Waals surface area contributed by atoms with Gasteiger partial charge in [-0.15, -0.1) is 0 Å². The van der Waals surface area contributed by atoms with Crippen LogP contribution in [0.15, 0.2) is 194 Å². The molecule has 0 fully saturated rings. The van der Waals surface area contributed by atoms with Crippen LogP contribution in [0.25, 0.3) is 43.8 Å². The molecular formula is C62H56N2. The number of rotatable bonds is 6. The van der Waals surface area contributed by atoms with E-state index in [1.54, 1.807) is 0 Å². The van der Waals surface area contributed by atoms with Crippen LogP contribution >= 0.6 is 0 Å². The Hall–Kier alpha value is -6.90. The van der Waals surface area contributed by atoms with Crippen LogP contribution in [-0.2, 0) is 21.7 Å². The minimum Gasteiger partial charge on any atom is -0.310 e. The Morgan fingerprint density at radius 2 is 0.703 bits per heavy atom. The van der Waals surface area contributed by atoms with Crippen LogP contribution in [0.4, 0.5) is 34.1 Å². The molecule has 2 heteroatoms. The molecule has 11 rings (SSSR count). The maximum Gasteiger partial charge on any atom is 0.0561 e. The van der Waals surface area contributed by atoms with Gasteiger partial charge in [-0.2, -0.15) is 0 Å². The molecule has 0 saturated heterocycles. The first-order valence-electron chi connectivity index (χ1n) is 22.9. The highest BCUT2D eigenvalue weighted by Crippen LogP contribution is 2.57. The van der Waals surface area contributed by atoms with Gasteiger partial charge in [0.2, 0.25) is 0 Å². The lowest BCUT2D eigenvalue weighted by Crippen LogP contribution is -2.43. The molecule has 0 amide bonds. The maximum absolute atomic E-state index is 2.50. The van der Waals surface area contributed by atoms with Crippen LogP contribution in [0.5, 0.6) is 0 Å². The van der Waals surface area contributed by atoms with Crippen molar-refractivity contribution >= 4 is 55.7 Å². The molecule has 0 radical (unpaired) electrons. The van der Waals surface area contributed by atoms with Gasteiger partial charge < -0.3 is 9.80 Å². The standard InChI is InChI=1S/C62H56N2/c1-59(2)54-29-19-17-27-48(54)50-35-32-44(38-56(50)61(59,5)6)63(42-22-11-9-12-23-42)46-37-53-47-26-16-15-21-41(47)31-34-52(53)58(40-46)64(43-24-13-10-14-25-43)45-33-36-51-49-28-18-20-30-55(49)60(3,4)62(7,8)57(51)39-45/h9-40H,1-8H3. The van der Waals surface area contributed by atoms with Gasteiger partial charge in [-0.1, -0.05) is 189 Å². The van der Waals surface area contributed by atoms with E-state index >= 15 is 0 Å². The van der Waals surface area contributed by atoms with E-state index in [1.165, 1.54) is 66.1 Å². The van der Waals surface area contributed by atoms with Crippen molar-refractivity contribution in [1.82, 2.24) is 0 Å². The largest absolute Gasteiger partial charge is 0.310 e. The Morgan fingerprint density at radius 1 is 0.266 bits per heavy atom. The van der Waals surface area contributed by atoms with Gasteiger partial charge in [-0.25, -0.2) is 0 Å². The van der Waals surface area contributed by atoms with Crippen molar-refractivity contribution in [3.63, 3.8) is 0 Å². The molecule has 2 nitrogen and oxygen atoms in total. The molecule has 64 heavy (non-hydrogen) atoms. The molecule has 0 atom stereocenters. The Bertz CT molecular complexity index is 3280. The predicted octanol–water partition coefficient (Wildman–Crippen LogP) is 17.4. The van der Waals surface area contributed by atoms with Crippen LogP contribution in [0.2, 0.25) is 0 Å². The lowest BCUT2D eigenvalue weighted by molar-refractivity contribution is 0.299. The number of nitrogens with zero attached hydrogens (tertiary/aromatic N) is 2. The molecule has 0 N–H and O–H groups in total. The third-order valence-corrected chi connectivity index (χ3v) is 16.1. The average Bonchev–Trinajstić information content (AvgIpc) is 3.31. The maximum atomic E-state index is 2.50. The summed E-state index contributed by atoms with van der Waals surface area (Å²) in [7, 11) is 0. The summed E-state index contributed by atoms with van der Waals surface area (Å²) in [5.74, 6) is 0. The fourth-order valence-electron chi connectivity index (χ4n) is 11.1. The molecule has 0 spiro atoms. The number of hydrogen-bond acceptors (Lipinski definition) is 2. The van der Waals surface area contributed by atoms with Crippen LogP contribution in [0.1, 0.15) is 77.6 Å². The fourth-order valence-corrected chi connectivity index (χ4v) is 11.1. The molecule has 2 aliphatic rings. The summed E-state index contributed by atoms with van der Waals surface area (Å²) in [5, 5.41) is 4.88. The number of para-hydroxylation sites is 2. The van der Waals surface area contributed by atoms with E-state index in [2.05, 4.69) is 259 Å². The highest BCUT2D eigenvalue weighted by Gasteiger charge is 2.47. The molecule has 0 unspecified atom stereocenters. The molecule has 9 aromatic carbocycles. The van der Waals surface area contributed by atoms with Crippen molar-refractivity contribution in [2.45, 2.75) is 77.0 Å². The lowest BCUT2D eigenvalue weighted by Gasteiger charge is -2.48. The van der Waals surface area contributed by atoms with Crippen LogP contribution in [0.3, 0.4) is 0 Å². The summed E-state index contributed by atoms with van der Waals surface area (Å²) in [6.45, 7) is 19.4. The van der Waals surface area contributed by atoms with Crippen molar-refractivity contribution in [2.75, 3.05) is 9.80 Å². The van der Waals surface area contributed by atoms with Gasteiger partial charge in [0, 0.05) is 33.8 Å². The second kappa shape index (κ2) is 14.3. The Balaban J connectivity index is 1.19. The van der Waals surface area contributed by atoms with Crippen LogP contribution in [-0.4, -0.2) is 0 Å². The van der Waals surface area contributed by atoms with E-state index in [1.807, 2.05) is 0 Å². The smallest absolute Gasteiger partial charge is 0.0561 e. The summed E-state index contributed by atoms with van der Waals surface area (Å²) < 4.78 is 0. The zero-order valence-corrected chi connectivity index (χ0v) is 38.4. The van der Waals surface area contributed by atoms with E-state index in [0.717, 1.165) is 34.1 Å². The quantitative estimate of drug-likeness (QED) is 0.154. The van der Waals surface area contributed by atoms with Crippen molar-refractivity contribution in [3.05, 3.63) is 216 Å². The fraction of sp³-hybridized carbons (Fsp3) is 0.194. The molecule has 314 valence electrons. The predicted molar refractivity (Wildman–Crippen MR) is 274 cm³/mol. The number of fused-ring (bicyclic) bond motifs is 9. The van der Waals surface area contributed by atoms with Crippen molar-refractivity contribution in [3.8, 4) is 22.3 Å². The van der Waals surface area contributed by atoms with Gasteiger partial charge in [0.1, 0.15) is 0 Å². The Kier molecular flexibility index (Phi) is 8.92. The third kappa shape index (κ3) is 5.78. The summed E-state index contributed by atoms with van der Waals surface area (Å²) >= 11 is 0. The summed E-state index contributed by atoms with van der Waals surface area (Å²) in [4.78, 5) is 4.98. The van der Waals surface area contributed by atoms with Gasteiger partial charge in [0.15, 0.2) is 0 Å². The SMILES string of the molecule is CC1(C)c2ccccc2-c2ccc(N(c3ccccc3)c3cc(N(c4ccccc4)c4ccc5c(c4)C(C)(C)C(C)(C)c4ccccc4-5)c4ccc5ccccc5c4c3)cc2C1(C)C. The minimum atomic E-state index is -0.144. The van der Waals surface area contributed by atoms with Crippen molar-refractivity contribution in [1.29, 1.82) is 0 Å². The minimum absolute atomic E-state index is 0.0846. The molecule has 2 aliphatic carbocycles. The van der Waals surface area contributed by atoms with E-state index in [0.29, 0.717) is 0 Å². The monoisotopic (exact) mass is 828 g/mol. The molecule has 0 saturated carbocycles. The molecule has 9 aromatic rings. The average molecular weight is 829 g/mol. The third-order valence-electron chi connectivity index (χ3n) is 16.1. The van der Waals surface area contributed by atoms with E-state index in [4.69, 9.17) is 0 Å². The number of benzene rings is 9. The van der Waals surface area contributed by atoms with Crippen molar-refractivity contribution in [2.24, 2.45) is 0 Å². The first kappa shape index (κ1) is 39.9. The summed E-state index contributed by atoms with van der Waals surface area (Å²) in [6, 6.07) is 72.6. The molecule has 0 heterocycles. The van der Waals surface area contributed by atoms with Gasteiger partial charge in [-0.05, 0) is 143 Å². The van der Waals surface area contributed by atoms with E-state index in [9.17, 15) is 0 Å². The van der Waals surface area contributed by atoms with E-state index < -0.39 is 0 Å². The summed E-state index contributed by atoms with van der Waals surface area (Å²) in [5.41, 5.74) is 17.1. The second-order valence-corrected chi connectivity index (χ2v) is 20.2. The van der Waals surface area contributed by atoms with Gasteiger partial charge in [0.05, 0.1) is 5.69 Å². The lowest BCUT2D eigenvalue weighted by atomic mass is 9.55.